The van der Waals surface area contributed by atoms with E-state index in [0.29, 0.717) is 23.6 Å². The van der Waals surface area contributed by atoms with Gasteiger partial charge in [0.15, 0.2) is 0 Å². The maximum Gasteiger partial charge on any atom is 0.142 e. The molecule has 1 saturated heterocycles. The molecule has 1 aliphatic heterocycles. The number of nitrogens with zero attached hydrogens (tertiary/aromatic N) is 1. The van der Waals surface area contributed by atoms with E-state index < -0.39 is 10.8 Å². The Morgan fingerprint density at radius 2 is 2.25 bits per heavy atom. The van der Waals surface area contributed by atoms with Gasteiger partial charge in [0.1, 0.15) is 5.78 Å². The van der Waals surface area contributed by atoms with Crippen LogP contribution in [0.4, 0.5) is 0 Å². The van der Waals surface area contributed by atoms with E-state index in [-0.39, 0.29) is 11.5 Å². The minimum Gasteiger partial charge on any atom is -0.361 e. The zero-order valence-electron chi connectivity index (χ0n) is 14.2. The van der Waals surface area contributed by atoms with E-state index in [4.69, 9.17) is 0 Å². The number of carbonyl (C=O) groups is 1. The van der Waals surface area contributed by atoms with Crippen LogP contribution in [0.5, 0.6) is 0 Å². The highest BCUT2D eigenvalue weighted by molar-refractivity contribution is 7.85. The van der Waals surface area contributed by atoms with Crippen molar-refractivity contribution in [2.24, 2.45) is 5.92 Å². The number of hydrogen-bond acceptors (Lipinski definition) is 3. The van der Waals surface area contributed by atoms with Crippen LogP contribution in [0.15, 0.2) is 24.4 Å². The summed E-state index contributed by atoms with van der Waals surface area (Å²) in [7, 11) is 1.16. The number of likely N-dealkylation sites (N-methyl/N-ethyl adjacent to an activating group) is 1. The molecule has 4 nitrogen and oxygen atoms in total. The van der Waals surface area contributed by atoms with Gasteiger partial charge >= 0.3 is 0 Å². The molecule has 1 unspecified atom stereocenters. The van der Waals surface area contributed by atoms with Crippen LogP contribution < -0.4 is 0 Å². The summed E-state index contributed by atoms with van der Waals surface area (Å²) in [5.74, 6) is 1.76. The number of carbonyl (C=O) groups excluding carboxylic acids is 1. The first kappa shape index (κ1) is 16.0. The maximum absolute atomic E-state index is 12.2. The van der Waals surface area contributed by atoms with Crippen LogP contribution in [-0.4, -0.2) is 51.0 Å². The fourth-order valence-electron chi connectivity index (χ4n) is 4.72. The Morgan fingerprint density at radius 1 is 1.42 bits per heavy atom. The van der Waals surface area contributed by atoms with Crippen molar-refractivity contribution in [3.05, 3.63) is 35.5 Å². The molecule has 4 rings (SSSR count). The molecule has 24 heavy (non-hydrogen) atoms. The molecule has 0 bridgehead atoms. The fourth-order valence-corrected chi connectivity index (χ4v) is 6.06. The van der Waals surface area contributed by atoms with Crippen molar-refractivity contribution in [2.45, 2.75) is 31.7 Å². The molecule has 1 aromatic carbocycles. The van der Waals surface area contributed by atoms with E-state index in [2.05, 4.69) is 41.3 Å². The molecule has 0 amide bonds. The number of piperidine rings is 1. The second-order valence-corrected chi connectivity index (χ2v) is 8.96. The number of hydrogen-bond donors (Lipinski definition) is 1. The normalized spacial score (nSPS) is 27.8. The lowest BCUT2D eigenvalue weighted by atomic mass is 9.73. The summed E-state index contributed by atoms with van der Waals surface area (Å²) in [6, 6.07) is 7.07. The third kappa shape index (κ3) is 2.74. The number of rotatable bonds is 4. The average Bonchev–Trinajstić information content (AvgIpc) is 2.92. The second kappa shape index (κ2) is 6.12. The molecular formula is C19H24N2O2S. The predicted molar refractivity (Wildman–Crippen MR) is 97.8 cm³/mol. The van der Waals surface area contributed by atoms with E-state index in [1.165, 1.54) is 29.0 Å². The van der Waals surface area contributed by atoms with Crippen LogP contribution in [0.25, 0.3) is 10.9 Å². The number of fused-ring (bicyclic) bond motifs is 2. The number of aromatic nitrogens is 1. The Hall–Kier alpha value is -1.46. The summed E-state index contributed by atoms with van der Waals surface area (Å²) < 4.78 is 12.2. The highest BCUT2D eigenvalue weighted by Gasteiger charge is 2.39. The Kier molecular flexibility index (Phi) is 4.09. The molecule has 2 aliphatic rings. The lowest BCUT2D eigenvalue weighted by Gasteiger charge is -2.45. The fraction of sp³-hybridized carbons (Fsp3) is 0.526. The lowest BCUT2D eigenvalue weighted by Crippen LogP contribution is -2.49. The van der Waals surface area contributed by atoms with Crippen LogP contribution in [0.3, 0.4) is 0 Å². The van der Waals surface area contributed by atoms with Crippen LogP contribution in [-0.2, 0) is 22.0 Å². The zero-order valence-corrected chi connectivity index (χ0v) is 15.1. The van der Waals surface area contributed by atoms with Crippen LogP contribution in [0, 0.1) is 5.92 Å². The number of benzene rings is 1. The molecule has 1 fully saturated rings. The minimum atomic E-state index is -1.03. The van der Waals surface area contributed by atoms with Gasteiger partial charge in [0.05, 0.1) is 5.75 Å². The molecule has 1 N–H and O–H groups in total. The standard InChI is InChI=1S/C19H24N2O2S/c1-12(22)10-24(23)11-13-6-16-15-4-3-5-17-19(15)14(8-20-17)7-18(16)21(2)9-13/h3-5,8,13,16,18,20H,6-7,9-11H2,1-2H3/t13-,16-,18?,24+/m1/s1. The van der Waals surface area contributed by atoms with Gasteiger partial charge in [-0.15, -0.1) is 0 Å². The van der Waals surface area contributed by atoms with Crippen molar-refractivity contribution >= 4 is 27.5 Å². The van der Waals surface area contributed by atoms with Gasteiger partial charge in [-0.2, -0.15) is 0 Å². The number of H-pyrrole nitrogens is 1. The first-order valence-corrected chi connectivity index (χ1v) is 10.1. The molecule has 2 aromatic rings. The Bertz CT molecular complexity index is 813. The van der Waals surface area contributed by atoms with Crippen molar-refractivity contribution in [2.75, 3.05) is 25.1 Å². The van der Waals surface area contributed by atoms with Crippen molar-refractivity contribution in [1.82, 2.24) is 9.88 Å². The van der Waals surface area contributed by atoms with E-state index in [9.17, 15) is 9.00 Å². The smallest absolute Gasteiger partial charge is 0.142 e. The Balaban J connectivity index is 1.61. The van der Waals surface area contributed by atoms with Gasteiger partial charge in [0.25, 0.3) is 0 Å². The molecule has 0 radical (unpaired) electrons. The van der Waals surface area contributed by atoms with Crippen molar-refractivity contribution < 1.29 is 9.00 Å². The molecular weight excluding hydrogens is 320 g/mol. The number of aromatic amines is 1. The van der Waals surface area contributed by atoms with Crippen LogP contribution >= 0.6 is 0 Å². The summed E-state index contributed by atoms with van der Waals surface area (Å²) >= 11 is 0. The zero-order chi connectivity index (χ0) is 16.8. The van der Waals surface area contributed by atoms with Crippen LogP contribution in [0.2, 0.25) is 0 Å². The molecule has 1 aliphatic carbocycles. The molecule has 0 spiro atoms. The van der Waals surface area contributed by atoms with Crippen molar-refractivity contribution in [3.8, 4) is 0 Å². The summed E-state index contributed by atoms with van der Waals surface area (Å²) in [5.41, 5.74) is 4.09. The van der Waals surface area contributed by atoms with Crippen LogP contribution in [0.1, 0.15) is 30.4 Å². The molecule has 1 aromatic heterocycles. The summed E-state index contributed by atoms with van der Waals surface area (Å²) in [5, 5.41) is 1.40. The van der Waals surface area contributed by atoms with Gasteiger partial charge in [0, 0.05) is 52.2 Å². The molecule has 128 valence electrons. The highest BCUT2D eigenvalue weighted by Crippen LogP contribution is 2.44. The molecule has 5 heteroatoms. The number of Topliss-reactive ketones (excluding diaryl/α,β-unsaturated/α-hetero) is 1. The maximum atomic E-state index is 12.2. The van der Waals surface area contributed by atoms with E-state index in [0.717, 1.165) is 19.4 Å². The SMILES string of the molecule is CC(=O)C[S@](=O)C[C@@H]1C[C@@H]2c3cccc4[nH]cc(c34)CC2N(C)C1. The van der Waals surface area contributed by atoms with Gasteiger partial charge in [-0.3, -0.25) is 9.00 Å². The van der Waals surface area contributed by atoms with Gasteiger partial charge in [-0.25, -0.2) is 0 Å². The van der Waals surface area contributed by atoms with Gasteiger partial charge in [0.2, 0.25) is 0 Å². The Labute approximate surface area is 145 Å². The van der Waals surface area contributed by atoms with Gasteiger partial charge in [-0.05, 0) is 49.9 Å². The lowest BCUT2D eigenvalue weighted by molar-refractivity contribution is -0.114. The van der Waals surface area contributed by atoms with E-state index in [1.807, 2.05) is 0 Å². The predicted octanol–water partition coefficient (Wildman–Crippen LogP) is 2.47. The van der Waals surface area contributed by atoms with Crippen molar-refractivity contribution in [1.29, 1.82) is 0 Å². The molecule has 4 atom stereocenters. The average molecular weight is 344 g/mol. The third-order valence-corrected chi connectivity index (χ3v) is 7.17. The summed E-state index contributed by atoms with van der Waals surface area (Å²) in [6.45, 7) is 2.50. The van der Waals surface area contributed by atoms with Gasteiger partial charge in [-0.1, -0.05) is 12.1 Å². The topological polar surface area (TPSA) is 53.2 Å². The molecule has 0 saturated carbocycles. The Morgan fingerprint density at radius 3 is 3.04 bits per heavy atom. The quantitative estimate of drug-likeness (QED) is 0.927. The number of nitrogens with one attached hydrogen (secondary N) is 1. The van der Waals surface area contributed by atoms with Crippen molar-refractivity contribution in [3.63, 3.8) is 0 Å². The van der Waals surface area contributed by atoms with E-state index in [1.54, 1.807) is 0 Å². The second-order valence-electron chi connectivity index (χ2n) is 7.46. The van der Waals surface area contributed by atoms with Gasteiger partial charge < -0.3 is 9.88 Å². The van der Waals surface area contributed by atoms with E-state index >= 15 is 0 Å². The summed E-state index contributed by atoms with van der Waals surface area (Å²) in [6.07, 6.45) is 4.32. The largest absolute Gasteiger partial charge is 0.361 e. The third-order valence-electron chi connectivity index (χ3n) is 5.60. The molecule has 2 heterocycles. The first-order chi connectivity index (χ1) is 11.5. The summed E-state index contributed by atoms with van der Waals surface area (Å²) in [4.78, 5) is 17.1. The number of likely N-dealkylation sites (tertiary alicyclic amines) is 1. The first-order valence-electron chi connectivity index (χ1n) is 8.66. The highest BCUT2D eigenvalue weighted by atomic mass is 32.2. The minimum absolute atomic E-state index is 0.0229. The monoisotopic (exact) mass is 344 g/mol. The number of ketones is 1.